The smallest absolute Gasteiger partial charge is 0.387 e. The predicted octanol–water partition coefficient (Wildman–Crippen LogP) is 4.13. The summed E-state index contributed by atoms with van der Waals surface area (Å²) in [6.45, 7) is 3.30. The molecule has 2 saturated heterocycles. The van der Waals surface area contributed by atoms with Gasteiger partial charge >= 0.3 is 6.18 Å². The number of aliphatic hydroxyl groups is 1. The van der Waals surface area contributed by atoms with Crippen LogP contribution in [0.3, 0.4) is 0 Å². The van der Waals surface area contributed by atoms with Gasteiger partial charge in [-0.15, -0.1) is 0 Å². The minimum Gasteiger partial charge on any atom is -0.387 e. The van der Waals surface area contributed by atoms with Gasteiger partial charge in [-0.25, -0.2) is 9.97 Å². The fourth-order valence-corrected chi connectivity index (χ4v) is 6.27. The molecule has 37 heavy (non-hydrogen) atoms. The van der Waals surface area contributed by atoms with E-state index in [0.29, 0.717) is 68.3 Å². The zero-order valence-corrected chi connectivity index (χ0v) is 21.4. The van der Waals surface area contributed by atoms with Gasteiger partial charge in [0, 0.05) is 42.8 Å². The number of carbonyl (C=O) groups excluding carboxylic acids is 1. The second-order valence-corrected chi connectivity index (χ2v) is 10.7. The van der Waals surface area contributed by atoms with Crippen molar-refractivity contribution in [2.24, 2.45) is 0 Å². The van der Waals surface area contributed by atoms with Crippen molar-refractivity contribution in [2.45, 2.75) is 56.3 Å². The molecule has 3 aliphatic rings. The Kier molecular flexibility index (Phi) is 7.35. The number of aromatic nitrogens is 2. The Morgan fingerprint density at radius 1 is 1.14 bits per heavy atom. The third kappa shape index (κ3) is 5.42. The summed E-state index contributed by atoms with van der Waals surface area (Å²) in [7, 11) is 0. The van der Waals surface area contributed by atoms with Crippen molar-refractivity contribution in [1.82, 2.24) is 19.8 Å². The Labute approximate surface area is 219 Å². The van der Waals surface area contributed by atoms with Gasteiger partial charge in [0.05, 0.1) is 24.3 Å². The van der Waals surface area contributed by atoms with E-state index in [4.69, 9.17) is 11.6 Å². The van der Waals surface area contributed by atoms with Crippen LogP contribution in [0.5, 0.6) is 0 Å². The summed E-state index contributed by atoms with van der Waals surface area (Å²) in [5.74, 6) is 0.0737. The first kappa shape index (κ1) is 26.2. The molecule has 0 bridgehead atoms. The van der Waals surface area contributed by atoms with Crippen LogP contribution in [0.25, 0.3) is 0 Å². The lowest BCUT2D eigenvalue weighted by molar-refractivity contribution is -0.152. The number of rotatable bonds is 5. The van der Waals surface area contributed by atoms with E-state index >= 15 is 0 Å². The Hall–Kier alpha value is -2.43. The van der Waals surface area contributed by atoms with Crippen molar-refractivity contribution < 1.29 is 23.1 Å². The third-order valence-electron chi connectivity index (χ3n) is 7.85. The summed E-state index contributed by atoms with van der Waals surface area (Å²) in [6, 6.07) is 6.35. The van der Waals surface area contributed by atoms with Gasteiger partial charge in [0.2, 0.25) is 5.91 Å². The van der Waals surface area contributed by atoms with Crippen LogP contribution in [0.15, 0.2) is 30.6 Å². The third-order valence-corrected chi connectivity index (χ3v) is 8.10. The van der Waals surface area contributed by atoms with Crippen molar-refractivity contribution in [3.63, 3.8) is 0 Å². The Balaban J connectivity index is 1.35. The molecule has 11 heteroatoms. The summed E-state index contributed by atoms with van der Waals surface area (Å²) in [4.78, 5) is 28.0. The number of alkyl halides is 3. The monoisotopic (exact) mass is 537 g/mol. The topological polar surface area (TPSA) is 72.8 Å². The molecule has 1 N–H and O–H groups in total. The van der Waals surface area contributed by atoms with E-state index in [2.05, 4.69) is 14.9 Å². The van der Waals surface area contributed by atoms with Crippen LogP contribution in [0.1, 0.15) is 60.9 Å². The highest BCUT2D eigenvalue weighted by Gasteiger charge is 2.43. The lowest BCUT2D eigenvalue weighted by Crippen LogP contribution is -2.53. The van der Waals surface area contributed by atoms with E-state index in [-0.39, 0.29) is 11.8 Å². The minimum atomic E-state index is -4.33. The molecule has 2 aliphatic heterocycles. The number of hydrogen-bond donors (Lipinski definition) is 1. The van der Waals surface area contributed by atoms with Crippen LogP contribution < -0.4 is 4.90 Å². The summed E-state index contributed by atoms with van der Waals surface area (Å²) < 4.78 is 40.0. The van der Waals surface area contributed by atoms with Crippen molar-refractivity contribution in [3.05, 3.63) is 52.4 Å². The molecule has 1 aromatic heterocycles. The average molecular weight is 538 g/mol. The minimum absolute atomic E-state index is 0.136. The molecule has 0 saturated carbocycles. The lowest BCUT2D eigenvalue weighted by Gasteiger charge is -2.40. The summed E-state index contributed by atoms with van der Waals surface area (Å²) in [5.41, 5.74) is 2.32. The number of hydrogen-bond acceptors (Lipinski definition) is 6. The molecule has 0 radical (unpaired) electrons. The highest BCUT2D eigenvalue weighted by atomic mass is 35.5. The number of aliphatic hydroxyl groups excluding tert-OH is 1. The first-order valence-corrected chi connectivity index (χ1v) is 13.1. The van der Waals surface area contributed by atoms with Crippen molar-refractivity contribution in [1.29, 1.82) is 0 Å². The van der Waals surface area contributed by atoms with E-state index in [1.807, 2.05) is 6.92 Å². The maximum absolute atomic E-state index is 13.9. The van der Waals surface area contributed by atoms with Gasteiger partial charge in [-0.3, -0.25) is 9.69 Å². The summed E-state index contributed by atoms with van der Waals surface area (Å²) in [5, 5.41) is 10.8. The van der Waals surface area contributed by atoms with Crippen LogP contribution >= 0.6 is 11.6 Å². The van der Waals surface area contributed by atoms with E-state index in [0.717, 1.165) is 11.4 Å². The number of anilines is 1. The van der Waals surface area contributed by atoms with E-state index in [9.17, 15) is 23.1 Å². The summed E-state index contributed by atoms with van der Waals surface area (Å²) in [6.07, 6.45) is -1.70. The summed E-state index contributed by atoms with van der Waals surface area (Å²) >= 11 is 6.07. The number of piperazine rings is 1. The second-order valence-electron chi connectivity index (χ2n) is 10.3. The Morgan fingerprint density at radius 2 is 1.84 bits per heavy atom. The number of amides is 1. The van der Waals surface area contributed by atoms with E-state index in [1.54, 1.807) is 29.2 Å². The van der Waals surface area contributed by atoms with Crippen LogP contribution in [0.4, 0.5) is 19.0 Å². The molecule has 7 nitrogen and oxygen atoms in total. The SMILES string of the molecule is C[C@@H]1C[C@@H](O)c2ncnc(N3CCN(C(=O)[C@@H](c4ccc(Cl)cc4)[C@@H]4CCCN4CC(F)(F)F)CC3)c21. The van der Waals surface area contributed by atoms with E-state index in [1.165, 1.54) is 11.2 Å². The first-order chi connectivity index (χ1) is 17.6. The molecule has 200 valence electrons. The molecule has 1 aliphatic carbocycles. The van der Waals surface area contributed by atoms with E-state index < -0.39 is 30.8 Å². The molecule has 0 spiro atoms. The number of halogens is 4. The van der Waals surface area contributed by atoms with Gasteiger partial charge in [-0.05, 0) is 49.4 Å². The molecule has 1 amide bonds. The second kappa shape index (κ2) is 10.4. The number of fused-ring (bicyclic) bond motifs is 1. The maximum Gasteiger partial charge on any atom is 0.401 e. The van der Waals surface area contributed by atoms with Gasteiger partial charge in [-0.2, -0.15) is 13.2 Å². The molecule has 2 aromatic rings. The molecule has 1 aromatic carbocycles. The highest BCUT2D eigenvalue weighted by Crippen LogP contribution is 2.43. The molecule has 2 fully saturated rings. The quantitative estimate of drug-likeness (QED) is 0.618. The van der Waals surface area contributed by atoms with Gasteiger partial charge in [0.25, 0.3) is 0 Å². The number of benzene rings is 1. The van der Waals surface area contributed by atoms with Crippen LogP contribution in [0.2, 0.25) is 5.02 Å². The largest absolute Gasteiger partial charge is 0.401 e. The predicted molar refractivity (Wildman–Crippen MR) is 134 cm³/mol. The lowest BCUT2D eigenvalue weighted by atomic mass is 9.88. The maximum atomic E-state index is 13.9. The number of likely N-dealkylation sites (tertiary alicyclic amines) is 1. The number of carbonyl (C=O) groups is 1. The molecule has 5 rings (SSSR count). The Bertz CT molecular complexity index is 1120. The van der Waals surface area contributed by atoms with Crippen molar-refractivity contribution >= 4 is 23.3 Å². The van der Waals surface area contributed by atoms with Gasteiger partial charge < -0.3 is 14.9 Å². The van der Waals surface area contributed by atoms with Crippen molar-refractivity contribution in [3.8, 4) is 0 Å². The van der Waals surface area contributed by atoms with Gasteiger partial charge in [0.1, 0.15) is 12.1 Å². The molecule has 3 heterocycles. The highest BCUT2D eigenvalue weighted by molar-refractivity contribution is 6.30. The molecular formula is C26H31ClF3N5O2. The zero-order valence-electron chi connectivity index (χ0n) is 20.7. The van der Waals surface area contributed by atoms with Crippen LogP contribution in [0, 0.1) is 0 Å². The standard InChI is InChI=1S/C26H31ClF3N5O2/c1-16-13-20(36)23-21(16)24(32-15-31-23)33-9-11-34(12-10-33)25(37)22(17-4-6-18(27)7-5-17)19-3-2-8-35(19)14-26(28,29)30/h4-7,15-16,19-20,22,36H,2-3,8-14H2,1H3/t16-,19+,20-,22+/m1/s1. The van der Waals surface area contributed by atoms with Gasteiger partial charge in [-0.1, -0.05) is 30.7 Å². The van der Waals surface area contributed by atoms with Gasteiger partial charge in [0.15, 0.2) is 0 Å². The first-order valence-electron chi connectivity index (χ1n) is 12.7. The average Bonchev–Trinajstić information content (AvgIpc) is 3.42. The zero-order chi connectivity index (χ0) is 26.3. The fourth-order valence-electron chi connectivity index (χ4n) is 6.14. The fraction of sp³-hybridized carbons (Fsp3) is 0.577. The Morgan fingerprint density at radius 3 is 2.51 bits per heavy atom. The normalized spacial score (nSPS) is 25.4. The molecule has 0 unspecified atom stereocenters. The van der Waals surface area contributed by atoms with Crippen LogP contribution in [-0.4, -0.2) is 82.3 Å². The van der Waals surface area contributed by atoms with Crippen LogP contribution in [-0.2, 0) is 4.79 Å². The number of nitrogens with zero attached hydrogens (tertiary/aromatic N) is 5. The molecular weight excluding hydrogens is 507 g/mol. The van der Waals surface area contributed by atoms with Crippen molar-refractivity contribution in [2.75, 3.05) is 44.2 Å². The molecule has 4 atom stereocenters.